The van der Waals surface area contributed by atoms with Gasteiger partial charge in [-0.1, -0.05) is 31.5 Å². The van der Waals surface area contributed by atoms with Crippen LogP contribution in [-0.4, -0.2) is 16.7 Å². The molecule has 3 nitrogen and oxygen atoms in total. The van der Waals surface area contributed by atoms with Crippen LogP contribution in [-0.2, 0) is 6.42 Å². The van der Waals surface area contributed by atoms with Gasteiger partial charge in [-0.05, 0) is 19.1 Å². The number of aliphatic hydroxyl groups excluding tert-OH is 1. The molecule has 0 aliphatic rings. The average molecular weight is 245 g/mol. The summed E-state index contributed by atoms with van der Waals surface area (Å²) >= 11 is 0. The smallest absolute Gasteiger partial charge is 0.226 e. The molecule has 0 aliphatic heterocycles. The molecule has 0 unspecified atom stereocenters. The first-order valence-corrected chi connectivity index (χ1v) is 6.29. The Morgan fingerprint density at radius 1 is 1.22 bits per heavy atom. The van der Waals surface area contributed by atoms with Crippen LogP contribution >= 0.6 is 0 Å². The van der Waals surface area contributed by atoms with Crippen molar-refractivity contribution in [3.8, 4) is 11.5 Å². The minimum Gasteiger partial charge on any atom is -0.441 e. The van der Waals surface area contributed by atoms with Crippen LogP contribution in [0.25, 0.3) is 11.5 Å². The number of oxazole rings is 1. The van der Waals surface area contributed by atoms with Gasteiger partial charge >= 0.3 is 0 Å². The Bertz CT molecular complexity index is 512. The van der Waals surface area contributed by atoms with E-state index in [9.17, 15) is 0 Å². The summed E-state index contributed by atoms with van der Waals surface area (Å²) in [6, 6.07) is 8.10. The van der Waals surface area contributed by atoms with Gasteiger partial charge in [0.1, 0.15) is 5.76 Å². The maximum Gasteiger partial charge on any atom is 0.226 e. The number of aliphatic hydroxyl groups is 1. The van der Waals surface area contributed by atoms with Crippen molar-refractivity contribution in [3.63, 3.8) is 0 Å². The molecule has 18 heavy (non-hydrogen) atoms. The maximum absolute atomic E-state index is 9.06. The lowest BCUT2D eigenvalue weighted by molar-refractivity contribution is 0.297. The zero-order valence-corrected chi connectivity index (χ0v) is 11.1. The fourth-order valence-electron chi connectivity index (χ4n) is 1.92. The summed E-state index contributed by atoms with van der Waals surface area (Å²) in [5, 5.41) is 9.06. The SMILES string of the molecule is Cc1ccc(-c2nc(CCO)c(C(C)C)o2)cc1. The molecule has 0 spiro atoms. The summed E-state index contributed by atoms with van der Waals surface area (Å²) in [5.41, 5.74) is 3.06. The van der Waals surface area contributed by atoms with Crippen molar-refractivity contribution in [3.05, 3.63) is 41.3 Å². The molecule has 0 aliphatic carbocycles. The van der Waals surface area contributed by atoms with Crippen molar-refractivity contribution in [2.24, 2.45) is 0 Å². The Labute approximate surface area is 107 Å². The van der Waals surface area contributed by atoms with Gasteiger partial charge in [-0.3, -0.25) is 0 Å². The Kier molecular flexibility index (Phi) is 3.82. The van der Waals surface area contributed by atoms with Crippen molar-refractivity contribution < 1.29 is 9.52 Å². The van der Waals surface area contributed by atoms with E-state index in [4.69, 9.17) is 9.52 Å². The van der Waals surface area contributed by atoms with Crippen LogP contribution in [0.4, 0.5) is 0 Å². The van der Waals surface area contributed by atoms with Crippen molar-refractivity contribution >= 4 is 0 Å². The number of rotatable bonds is 4. The lowest BCUT2D eigenvalue weighted by atomic mass is 10.1. The fourth-order valence-corrected chi connectivity index (χ4v) is 1.92. The lowest BCUT2D eigenvalue weighted by Gasteiger charge is -2.01. The van der Waals surface area contributed by atoms with E-state index in [-0.39, 0.29) is 12.5 Å². The third-order valence-electron chi connectivity index (χ3n) is 2.90. The molecule has 0 atom stereocenters. The highest BCUT2D eigenvalue weighted by atomic mass is 16.4. The van der Waals surface area contributed by atoms with E-state index in [1.165, 1.54) is 5.56 Å². The molecule has 0 amide bonds. The molecule has 3 heteroatoms. The summed E-state index contributed by atoms with van der Waals surface area (Å²) in [4.78, 5) is 4.49. The molecule has 0 bridgehead atoms. The Balaban J connectivity index is 2.39. The molecule has 1 aromatic heterocycles. The van der Waals surface area contributed by atoms with Gasteiger partial charge in [-0.25, -0.2) is 4.98 Å². The Morgan fingerprint density at radius 2 is 1.89 bits per heavy atom. The number of aromatic nitrogens is 1. The topological polar surface area (TPSA) is 46.3 Å². The minimum absolute atomic E-state index is 0.0968. The second-order valence-corrected chi connectivity index (χ2v) is 4.82. The first-order chi connectivity index (χ1) is 8.61. The highest BCUT2D eigenvalue weighted by Gasteiger charge is 2.16. The van der Waals surface area contributed by atoms with E-state index in [0.717, 1.165) is 17.0 Å². The molecule has 0 fully saturated rings. The van der Waals surface area contributed by atoms with Crippen LogP contribution in [0.5, 0.6) is 0 Å². The number of benzene rings is 1. The predicted octanol–water partition coefficient (Wildman–Crippen LogP) is 3.31. The number of hydrogen-bond donors (Lipinski definition) is 1. The van der Waals surface area contributed by atoms with E-state index in [1.807, 2.05) is 24.3 Å². The molecule has 1 heterocycles. The normalized spacial score (nSPS) is 11.2. The second kappa shape index (κ2) is 5.36. The van der Waals surface area contributed by atoms with Crippen LogP contribution in [0.1, 0.15) is 36.8 Å². The zero-order valence-electron chi connectivity index (χ0n) is 11.1. The van der Waals surface area contributed by atoms with Crippen molar-refractivity contribution in [2.75, 3.05) is 6.61 Å². The largest absolute Gasteiger partial charge is 0.441 e. The van der Waals surface area contributed by atoms with Gasteiger partial charge in [-0.2, -0.15) is 0 Å². The van der Waals surface area contributed by atoms with Gasteiger partial charge in [0.2, 0.25) is 5.89 Å². The highest BCUT2D eigenvalue weighted by Crippen LogP contribution is 2.27. The Hall–Kier alpha value is -1.61. The van der Waals surface area contributed by atoms with E-state index in [2.05, 4.69) is 25.8 Å². The number of aryl methyl sites for hydroxylation is 1. The molecule has 2 rings (SSSR count). The van der Waals surface area contributed by atoms with Crippen LogP contribution < -0.4 is 0 Å². The van der Waals surface area contributed by atoms with Gasteiger partial charge in [0, 0.05) is 24.5 Å². The highest BCUT2D eigenvalue weighted by molar-refractivity contribution is 5.54. The van der Waals surface area contributed by atoms with Crippen LogP contribution in [0.3, 0.4) is 0 Å². The predicted molar refractivity (Wildman–Crippen MR) is 71.6 cm³/mol. The first kappa shape index (κ1) is 12.8. The van der Waals surface area contributed by atoms with Crippen molar-refractivity contribution in [2.45, 2.75) is 33.1 Å². The summed E-state index contributed by atoms with van der Waals surface area (Å²) in [5.74, 6) is 1.79. The summed E-state index contributed by atoms with van der Waals surface area (Å²) in [6.07, 6.45) is 0.545. The van der Waals surface area contributed by atoms with Gasteiger partial charge in [0.15, 0.2) is 0 Å². The fraction of sp³-hybridized carbons (Fsp3) is 0.400. The molecular weight excluding hydrogens is 226 g/mol. The van der Waals surface area contributed by atoms with Gasteiger partial charge in [0.05, 0.1) is 5.69 Å². The molecule has 0 saturated heterocycles. The molecule has 1 N–H and O–H groups in total. The third-order valence-corrected chi connectivity index (χ3v) is 2.90. The first-order valence-electron chi connectivity index (χ1n) is 6.29. The van der Waals surface area contributed by atoms with Crippen molar-refractivity contribution in [1.82, 2.24) is 4.98 Å². The van der Waals surface area contributed by atoms with Crippen LogP contribution in [0, 0.1) is 6.92 Å². The van der Waals surface area contributed by atoms with Crippen molar-refractivity contribution in [1.29, 1.82) is 0 Å². The number of hydrogen-bond acceptors (Lipinski definition) is 3. The molecule has 96 valence electrons. The molecule has 1 aromatic carbocycles. The van der Waals surface area contributed by atoms with Gasteiger partial charge in [0.25, 0.3) is 0 Å². The lowest BCUT2D eigenvalue weighted by Crippen LogP contribution is -1.97. The minimum atomic E-state index is 0.0968. The summed E-state index contributed by atoms with van der Waals surface area (Å²) in [7, 11) is 0. The van der Waals surface area contributed by atoms with Crippen LogP contribution in [0.2, 0.25) is 0 Å². The van der Waals surface area contributed by atoms with E-state index in [1.54, 1.807) is 0 Å². The summed E-state index contributed by atoms with van der Waals surface area (Å²) < 4.78 is 5.83. The summed E-state index contributed by atoms with van der Waals surface area (Å²) in [6.45, 7) is 6.29. The van der Waals surface area contributed by atoms with Crippen LogP contribution in [0.15, 0.2) is 28.7 Å². The van der Waals surface area contributed by atoms with E-state index < -0.39 is 0 Å². The van der Waals surface area contributed by atoms with Gasteiger partial charge < -0.3 is 9.52 Å². The molecule has 2 aromatic rings. The van der Waals surface area contributed by atoms with E-state index >= 15 is 0 Å². The Morgan fingerprint density at radius 3 is 2.44 bits per heavy atom. The monoisotopic (exact) mass is 245 g/mol. The quantitative estimate of drug-likeness (QED) is 0.898. The standard InChI is InChI=1S/C15H19NO2/c1-10(2)14-13(8-9-17)16-15(18-14)12-6-4-11(3)5-7-12/h4-7,10,17H,8-9H2,1-3H3. The second-order valence-electron chi connectivity index (χ2n) is 4.82. The number of nitrogens with zero attached hydrogens (tertiary/aromatic N) is 1. The van der Waals surface area contributed by atoms with Gasteiger partial charge in [-0.15, -0.1) is 0 Å². The average Bonchev–Trinajstić information content (AvgIpc) is 2.75. The third kappa shape index (κ3) is 2.62. The zero-order chi connectivity index (χ0) is 13.1. The molecule has 0 saturated carbocycles. The van der Waals surface area contributed by atoms with E-state index in [0.29, 0.717) is 12.3 Å². The molecule has 0 radical (unpaired) electrons. The molecular formula is C15H19NO2. The maximum atomic E-state index is 9.06.